The lowest BCUT2D eigenvalue weighted by Crippen LogP contribution is -2.24. The molecule has 6 nitrogen and oxygen atoms in total. The highest BCUT2D eigenvalue weighted by Crippen LogP contribution is 2.32. The number of methoxy groups -OCH3 is 1. The fraction of sp³-hybridized carbons (Fsp3) is 0.375. The lowest BCUT2D eigenvalue weighted by Gasteiger charge is -2.19. The summed E-state index contributed by atoms with van der Waals surface area (Å²) in [5.74, 6) is 2.94. The third-order valence-electron chi connectivity index (χ3n) is 7.31. The van der Waals surface area contributed by atoms with E-state index < -0.39 is 0 Å². The van der Waals surface area contributed by atoms with Crippen LogP contribution in [0.15, 0.2) is 72.8 Å². The van der Waals surface area contributed by atoms with E-state index in [1.165, 1.54) is 5.56 Å². The summed E-state index contributed by atoms with van der Waals surface area (Å²) < 4.78 is 13.6. The summed E-state index contributed by atoms with van der Waals surface area (Å²) in [4.78, 5) is 19.9. The van der Waals surface area contributed by atoms with Crippen LogP contribution in [0.4, 0.5) is 0 Å². The minimum Gasteiger partial charge on any atom is -0.497 e. The number of benzene rings is 3. The Balaban J connectivity index is 1.26. The Morgan fingerprint density at radius 1 is 0.947 bits per heavy atom. The van der Waals surface area contributed by atoms with Crippen LogP contribution >= 0.6 is 0 Å². The summed E-state index contributed by atoms with van der Waals surface area (Å²) in [7, 11) is 1.66. The molecule has 1 amide bonds. The van der Waals surface area contributed by atoms with E-state index in [9.17, 15) is 4.79 Å². The van der Waals surface area contributed by atoms with Crippen molar-refractivity contribution in [2.75, 3.05) is 20.3 Å². The number of para-hydroxylation sites is 2. The van der Waals surface area contributed by atoms with Gasteiger partial charge in [-0.3, -0.25) is 4.79 Å². The van der Waals surface area contributed by atoms with E-state index in [0.717, 1.165) is 46.9 Å². The van der Waals surface area contributed by atoms with E-state index in [0.29, 0.717) is 26.1 Å². The predicted molar refractivity (Wildman–Crippen MR) is 151 cm³/mol. The lowest BCUT2D eigenvalue weighted by atomic mass is 9.87. The third kappa shape index (κ3) is 5.69. The van der Waals surface area contributed by atoms with Crippen molar-refractivity contribution < 1.29 is 14.3 Å². The average Bonchev–Trinajstić information content (AvgIpc) is 3.47. The zero-order valence-electron chi connectivity index (χ0n) is 22.8. The largest absolute Gasteiger partial charge is 0.497 e. The number of nitrogens with zero attached hydrogens (tertiary/aromatic N) is 3. The van der Waals surface area contributed by atoms with Crippen LogP contribution in [0.5, 0.6) is 11.5 Å². The number of carbonyl (C=O) groups excluding carboxylic acids is 1. The van der Waals surface area contributed by atoms with E-state index in [1.807, 2.05) is 41.3 Å². The highest BCUT2D eigenvalue weighted by molar-refractivity contribution is 5.81. The molecule has 4 aromatic rings. The number of imidazole rings is 1. The van der Waals surface area contributed by atoms with Crippen LogP contribution in [0.1, 0.15) is 56.5 Å². The minimum absolute atomic E-state index is 0.0685. The number of carbonyl (C=O) groups is 1. The van der Waals surface area contributed by atoms with Crippen molar-refractivity contribution in [3.8, 4) is 11.5 Å². The molecule has 1 fully saturated rings. The Morgan fingerprint density at radius 3 is 2.37 bits per heavy atom. The maximum atomic E-state index is 13.0. The molecule has 1 aliphatic rings. The van der Waals surface area contributed by atoms with Gasteiger partial charge in [-0.15, -0.1) is 0 Å². The molecule has 1 unspecified atom stereocenters. The van der Waals surface area contributed by atoms with Crippen molar-refractivity contribution in [1.29, 1.82) is 0 Å². The van der Waals surface area contributed by atoms with E-state index in [4.69, 9.17) is 14.5 Å². The molecule has 0 spiro atoms. The number of ether oxygens (including phenoxy) is 2. The first-order chi connectivity index (χ1) is 18.3. The van der Waals surface area contributed by atoms with E-state index in [-0.39, 0.29) is 17.2 Å². The van der Waals surface area contributed by atoms with Crippen molar-refractivity contribution in [2.45, 2.75) is 58.0 Å². The second-order valence-electron chi connectivity index (χ2n) is 11.1. The van der Waals surface area contributed by atoms with Crippen LogP contribution in [0.25, 0.3) is 11.0 Å². The summed E-state index contributed by atoms with van der Waals surface area (Å²) >= 11 is 0. The molecule has 198 valence electrons. The van der Waals surface area contributed by atoms with Crippen molar-refractivity contribution >= 4 is 16.9 Å². The number of amides is 1. The molecule has 1 aromatic heterocycles. The first-order valence-corrected chi connectivity index (χ1v) is 13.4. The van der Waals surface area contributed by atoms with Crippen molar-refractivity contribution in [3.63, 3.8) is 0 Å². The van der Waals surface area contributed by atoms with E-state index >= 15 is 0 Å². The molecular weight excluding hydrogens is 474 g/mol. The molecule has 38 heavy (non-hydrogen) atoms. The van der Waals surface area contributed by atoms with Crippen LogP contribution in [-0.4, -0.2) is 40.6 Å². The normalized spacial score (nSPS) is 15.8. The second-order valence-corrected chi connectivity index (χ2v) is 11.1. The van der Waals surface area contributed by atoms with E-state index in [1.54, 1.807) is 7.11 Å². The maximum Gasteiger partial charge on any atom is 0.223 e. The molecule has 1 saturated heterocycles. The number of hydrogen-bond acceptors (Lipinski definition) is 4. The van der Waals surface area contributed by atoms with Crippen molar-refractivity contribution in [3.05, 3.63) is 89.7 Å². The number of likely N-dealkylation sites (tertiary alicyclic amines) is 1. The van der Waals surface area contributed by atoms with Crippen LogP contribution in [0.3, 0.4) is 0 Å². The molecule has 0 aliphatic carbocycles. The first-order valence-electron chi connectivity index (χ1n) is 13.4. The molecule has 2 heterocycles. The van der Waals surface area contributed by atoms with Gasteiger partial charge in [-0.25, -0.2) is 4.98 Å². The molecule has 1 aliphatic heterocycles. The van der Waals surface area contributed by atoms with Gasteiger partial charge in [-0.05, 0) is 59.4 Å². The van der Waals surface area contributed by atoms with Gasteiger partial charge in [0.05, 0.1) is 24.8 Å². The Hall–Kier alpha value is -3.80. The molecule has 0 N–H and O–H groups in total. The fourth-order valence-electron chi connectivity index (χ4n) is 5.15. The number of aromatic nitrogens is 2. The zero-order chi connectivity index (χ0) is 26.7. The number of rotatable bonds is 9. The summed E-state index contributed by atoms with van der Waals surface area (Å²) in [5.41, 5.74) is 4.61. The monoisotopic (exact) mass is 511 g/mol. The number of aryl methyl sites for hydroxylation is 1. The summed E-state index contributed by atoms with van der Waals surface area (Å²) in [6, 6.07) is 24.5. The predicted octanol–water partition coefficient (Wildman–Crippen LogP) is 6.33. The van der Waals surface area contributed by atoms with Crippen LogP contribution in [0, 0.1) is 0 Å². The summed E-state index contributed by atoms with van der Waals surface area (Å²) in [6.45, 7) is 9.32. The lowest BCUT2D eigenvalue weighted by molar-refractivity contribution is -0.128. The molecule has 0 saturated carbocycles. The third-order valence-corrected chi connectivity index (χ3v) is 7.31. The smallest absolute Gasteiger partial charge is 0.223 e. The van der Waals surface area contributed by atoms with Crippen molar-refractivity contribution in [2.24, 2.45) is 0 Å². The molecule has 0 radical (unpaired) electrons. The molecule has 3 aromatic carbocycles. The number of fused-ring (bicyclic) bond motifs is 1. The minimum atomic E-state index is 0.0685. The Labute approximate surface area is 225 Å². The highest BCUT2D eigenvalue weighted by atomic mass is 16.5. The van der Waals surface area contributed by atoms with Gasteiger partial charge < -0.3 is 18.9 Å². The molecule has 5 rings (SSSR count). The molecular formula is C32H37N3O3. The average molecular weight is 512 g/mol. The zero-order valence-corrected chi connectivity index (χ0v) is 22.8. The van der Waals surface area contributed by atoms with Gasteiger partial charge in [0.25, 0.3) is 0 Å². The molecule has 1 atom stereocenters. The Kier molecular flexibility index (Phi) is 7.41. The van der Waals surface area contributed by atoms with Crippen LogP contribution in [0.2, 0.25) is 0 Å². The fourth-order valence-corrected chi connectivity index (χ4v) is 5.15. The quantitative estimate of drug-likeness (QED) is 0.247. The highest BCUT2D eigenvalue weighted by Gasteiger charge is 2.34. The molecule has 0 bridgehead atoms. The standard InChI is InChI=1S/C32H37N3O3/c1-32(2,3)25-12-16-27(17-13-25)38-19-7-18-35-29-9-6-5-8-28(29)33-31(35)24-20-30(36)34(22-24)21-23-10-14-26(37-4)15-11-23/h5-6,8-17,24H,7,18-22H2,1-4H3. The van der Waals surface area contributed by atoms with Gasteiger partial charge in [0.15, 0.2) is 0 Å². The van der Waals surface area contributed by atoms with Gasteiger partial charge in [0.2, 0.25) is 5.91 Å². The van der Waals surface area contributed by atoms with E-state index in [2.05, 4.69) is 61.7 Å². The van der Waals surface area contributed by atoms with Gasteiger partial charge in [-0.1, -0.05) is 57.2 Å². The molecule has 6 heteroatoms. The number of hydrogen-bond donors (Lipinski definition) is 0. The van der Waals surface area contributed by atoms with Gasteiger partial charge in [0.1, 0.15) is 17.3 Å². The van der Waals surface area contributed by atoms with Crippen LogP contribution < -0.4 is 9.47 Å². The van der Waals surface area contributed by atoms with Gasteiger partial charge >= 0.3 is 0 Å². The summed E-state index contributed by atoms with van der Waals surface area (Å²) in [6.07, 6.45) is 1.33. The van der Waals surface area contributed by atoms with Crippen LogP contribution in [-0.2, 0) is 23.3 Å². The topological polar surface area (TPSA) is 56.6 Å². The Morgan fingerprint density at radius 2 is 1.66 bits per heavy atom. The second kappa shape index (κ2) is 10.9. The van der Waals surface area contributed by atoms with Crippen molar-refractivity contribution in [1.82, 2.24) is 14.5 Å². The van der Waals surface area contributed by atoms with Gasteiger partial charge in [-0.2, -0.15) is 0 Å². The van der Waals surface area contributed by atoms with Gasteiger partial charge in [0, 0.05) is 32.0 Å². The maximum absolute atomic E-state index is 13.0. The Bertz CT molecular complexity index is 1380. The first kappa shape index (κ1) is 25.8. The SMILES string of the molecule is COc1ccc(CN2CC(c3nc4ccccc4n3CCCOc3ccc(C(C)(C)C)cc3)CC2=O)cc1. The summed E-state index contributed by atoms with van der Waals surface area (Å²) in [5, 5.41) is 0.